The summed E-state index contributed by atoms with van der Waals surface area (Å²) in [6, 6.07) is 10.7. The highest BCUT2D eigenvalue weighted by Crippen LogP contribution is 2.34. The van der Waals surface area contributed by atoms with Crippen molar-refractivity contribution < 1.29 is 28.0 Å². The predicted molar refractivity (Wildman–Crippen MR) is 99.3 cm³/mol. The van der Waals surface area contributed by atoms with Gasteiger partial charge in [0, 0.05) is 17.8 Å². The van der Waals surface area contributed by atoms with Gasteiger partial charge in [-0.3, -0.25) is 14.8 Å². The second-order valence-electron chi connectivity index (χ2n) is 7.06. The van der Waals surface area contributed by atoms with E-state index in [2.05, 4.69) is 0 Å². The van der Waals surface area contributed by atoms with E-state index < -0.39 is 29.6 Å². The number of hydroxylamine groups is 1. The Kier molecular flexibility index (Phi) is 5.78. The minimum Gasteiger partial charge on any atom is -0.368 e. The predicted octanol–water partition coefficient (Wildman–Crippen LogP) is 2.75. The minimum absolute atomic E-state index is 0.0623. The summed E-state index contributed by atoms with van der Waals surface area (Å²) < 4.78 is 38.3. The van der Waals surface area contributed by atoms with Crippen molar-refractivity contribution in [3.05, 3.63) is 65.2 Å². The Hall–Kier alpha value is -3.07. The van der Waals surface area contributed by atoms with E-state index in [4.69, 9.17) is 10.9 Å². The van der Waals surface area contributed by atoms with Gasteiger partial charge >= 0.3 is 6.18 Å². The van der Waals surface area contributed by atoms with Gasteiger partial charge in [-0.2, -0.15) is 13.2 Å². The average Bonchev–Trinajstić information content (AvgIpc) is 3.11. The third-order valence-corrected chi connectivity index (χ3v) is 5.08. The lowest BCUT2D eigenvalue weighted by Gasteiger charge is -2.25. The number of benzene rings is 2. The van der Waals surface area contributed by atoms with Crippen LogP contribution in [0, 0.1) is 5.92 Å². The molecule has 6 nitrogen and oxygen atoms in total. The van der Waals surface area contributed by atoms with Crippen LogP contribution in [0.5, 0.6) is 0 Å². The number of hydrogen-bond acceptors (Lipinski definition) is 4. The molecule has 2 atom stereocenters. The molecule has 0 saturated carbocycles. The number of alkyl halides is 3. The zero-order valence-corrected chi connectivity index (χ0v) is 15.3. The van der Waals surface area contributed by atoms with Crippen LogP contribution < -0.4 is 16.1 Å². The van der Waals surface area contributed by atoms with Crippen LogP contribution in [0.3, 0.4) is 0 Å². The highest BCUT2D eigenvalue weighted by atomic mass is 19.4. The fourth-order valence-corrected chi connectivity index (χ4v) is 3.66. The molecule has 2 aromatic rings. The quantitative estimate of drug-likeness (QED) is 0.525. The molecule has 154 valence electrons. The molecule has 0 spiro atoms. The fourth-order valence-electron chi connectivity index (χ4n) is 3.66. The molecule has 29 heavy (non-hydrogen) atoms. The standard InChI is InChI=1S/C20H20F3N3O3/c21-20(22,23)15-5-7-16(8-6-15)26-11-13(10-17(26)18(24)27)9-12-1-3-14(4-2-12)19(28)25-29/h1-8,13,17,29H,9-11H2,(H2,24,27)(H,25,28)/t13-,17?/m1/s1. The number of primary amides is 1. The van der Waals surface area contributed by atoms with Gasteiger partial charge in [0.2, 0.25) is 5.91 Å². The van der Waals surface area contributed by atoms with E-state index >= 15 is 0 Å². The molecule has 1 heterocycles. The van der Waals surface area contributed by atoms with Crippen LogP contribution in [0.25, 0.3) is 0 Å². The lowest BCUT2D eigenvalue weighted by Crippen LogP contribution is -2.40. The Morgan fingerprint density at radius 3 is 2.24 bits per heavy atom. The van der Waals surface area contributed by atoms with Crippen molar-refractivity contribution in [1.29, 1.82) is 0 Å². The van der Waals surface area contributed by atoms with Gasteiger partial charge < -0.3 is 10.6 Å². The van der Waals surface area contributed by atoms with Crippen molar-refractivity contribution in [3.8, 4) is 0 Å². The number of nitrogens with one attached hydrogen (secondary N) is 1. The zero-order valence-electron chi connectivity index (χ0n) is 15.3. The van der Waals surface area contributed by atoms with E-state index in [9.17, 15) is 22.8 Å². The number of anilines is 1. The Morgan fingerprint density at radius 2 is 1.72 bits per heavy atom. The van der Waals surface area contributed by atoms with E-state index in [1.807, 2.05) is 0 Å². The molecular weight excluding hydrogens is 387 g/mol. The third-order valence-electron chi connectivity index (χ3n) is 5.08. The number of amides is 2. The van der Waals surface area contributed by atoms with Crippen LogP contribution in [0.2, 0.25) is 0 Å². The van der Waals surface area contributed by atoms with E-state index in [-0.39, 0.29) is 5.92 Å². The van der Waals surface area contributed by atoms with Crippen LogP contribution in [-0.4, -0.2) is 29.6 Å². The molecular formula is C20H20F3N3O3. The number of nitrogens with two attached hydrogens (primary N) is 1. The summed E-state index contributed by atoms with van der Waals surface area (Å²) >= 11 is 0. The molecule has 4 N–H and O–H groups in total. The Bertz CT molecular complexity index is 883. The van der Waals surface area contributed by atoms with Gasteiger partial charge in [-0.1, -0.05) is 12.1 Å². The number of carbonyl (C=O) groups is 2. The molecule has 9 heteroatoms. The monoisotopic (exact) mass is 407 g/mol. The van der Waals surface area contributed by atoms with Crippen molar-refractivity contribution in [1.82, 2.24) is 5.48 Å². The topological polar surface area (TPSA) is 95.7 Å². The van der Waals surface area contributed by atoms with Gasteiger partial charge in [0.15, 0.2) is 0 Å². The fraction of sp³-hybridized carbons (Fsp3) is 0.300. The van der Waals surface area contributed by atoms with Crippen molar-refractivity contribution in [2.45, 2.75) is 25.1 Å². The zero-order chi connectivity index (χ0) is 21.2. The number of carbonyl (C=O) groups excluding carboxylic acids is 2. The normalized spacial score (nSPS) is 19.2. The Labute approximate surface area is 165 Å². The first-order valence-electron chi connectivity index (χ1n) is 8.95. The van der Waals surface area contributed by atoms with Gasteiger partial charge in [0.25, 0.3) is 5.91 Å². The average molecular weight is 407 g/mol. The third kappa shape index (κ3) is 4.68. The summed E-state index contributed by atoms with van der Waals surface area (Å²) in [5.41, 5.74) is 8.09. The summed E-state index contributed by atoms with van der Waals surface area (Å²) in [6.07, 6.45) is -3.33. The molecule has 1 unspecified atom stereocenters. The maximum atomic E-state index is 12.8. The minimum atomic E-state index is -4.42. The van der Waals surface area contributed by atoms with E-state index in [0.29, 0.717) is 30.6 Å². The van der Waals surface area contributed by atoms with Gasteiger partial charge in [0.05, 0.1) is 5.56 Å². The molecule has 0 radical (unpaired) electrons. The second kappa shape index (κ2) is 8.12. The summed E-state index contributed by atoms with van der Waals surface area (Å²) in [6.45, 7) is 0.470. The van der Waals surface area contributed by atoms with Crippen LogP contribution in [0.4, 0.5) is 18.9 Å². The van der Waals surface area contributed by atoms with E-state index in [1.54, 1.807) is 34.6 Å². The van der Waals surface area contributed by atoms with Gasteiger partial charge in [-0.15, -0.1) is 0 Å². The molecule has 1 saturated heterocycles. The maximum Gasteiger partial charge on any atom is 0.416 e. The van der Waals surface area contributed by atoms with Gasteiger partial charge in [-0.25, -0.2) is 5.48 Å². The first kappa shape index (κ1) is 20.7. The first-order valence-corrected chi connectivity index (χ1v) is 8.95. The van der Waals surface area contributed by atoms with E-state index in [0.717, 1.165) is 17.7 Å². The molecule has 1 aliphatic rings. The number of nitrogens with zero attached hydrogens (tertiary/aromatic N) is 1. The largest absolute Gasteiger partial charge is 0.416 e. The summed E-state index contributed by atoms with van der Waals surface area (Å²) in [5.74, 6) is -1.07. The number of rotatable bonds is 5. The summed E-state index contributed by atoms with van der Waals surface area (Å²) in [7, 11) is 0. The van der Waals surface area contributed by atoms with Gasteiger partial charge in [0.1, 0.15) is 6.04 Å². The maximum absolute atomic E-state index is 12.8. The van der Waals surface area contributed by atoms with Gasteiger partial charge in [-0.05, 0) is 60.7 Å². The Morgan fingerprint density at radius 1 is 1.10 bits per heavy atom. The van der Waals surface area contributed by atoms with Crippen molar-refractivity contribution in [2.75, 3.05) is 11.4 Å². The molecule has 2 aromatic carbocycles. The highest BCUT2D eigenvalue weighted by Gasteiger charge is 2.36. The van der Waals surface area contributed by atoms with Crippen LogP contribution in [0.15, 0.2) is 48.5 Å². The molecule has 0 bridgehead atoms. The molecule has 1 aliphatic heterocycles. The van der Waals surface area contributed by atoms with Crippen LogP contribution >= 0.6 is 0 Å². The lowest BCUT2D eigenvalue weighted by molar-refractivity contribution is -0.137. The Balaban J connectivity index is 1.73. The molecule has 0 aliphatic carbocycles. The summed E-state index contributed by atoms with van der Waals surface area (Å²) in [5, 5.41) is 8.66. The first-order chi connectivity index (χ1) is 13.7. The number of hydrogen-bond donors (Lipinski definition) is 3. The molecule has 3 rings (SSSR count). The van der Waals surface area contributed by atoms with E-state index in [1.165, 1.54) is 12.1 Å². The van der Waals surface area contributed by atoms with Crippen LogP contribution in [0.1, 0.15) is 27.9 Å². The smallest absolute Gasteiger partial charge is 0.368 e. The molecule has 2 amide bonds. The van der Waals surface area contributed by atoms with Crippen molar-refractivity contribution in [2.24, 2.45) is 11.7 Å². The van der Waals surface area contributed by atoms with Crippen molar-refractivity contribution in [3.63, 3.8) is 0 Å². The highest BCUT2D eigenvalue weighted by molar-refractivity contribution is 5.93. The van der Waals surface area contributed by atoms with Crippen molar-refractivity contribution >= 4 is 17.5 Å². The summed E-state index contributed by atoms with van der Waals surface area (Å²) in [4.78, 5) is 25.0. The molecule has 0 aromatic heterocycles. The number of halogens is 3. The second-order valence-corrected chi connectivity index (χ2v) is 7.06. The van der Waals surface area contributed by atoms with Crippen LogP contribution in [-0.2, 0) is 17.4 Å². The SMILES string of the molecule is NC(=O)C1C[C@@H](Cc2ccc(C(=O)NO)cc2)CN1c1ccc(C(F)(F)F)cc1. The molecule has 1 fully saturated rings. The lowest BCUT2D eigenvalue weighted by atomic mass is 9.96.